The lowest BCUT2D eigenvalue weighted by Crippen LogP contribution is -2.88. The quantitative estimate of drug-likeness (QED) is 0.645. The second kappa shape index (κ2) is 10.2. The van der Waals surface area contributed by atoms with E-state index in [-0.39, 0.29) is 5.91 Å². The lowest BCUT2D eigenvalue weighted by atomic mass is 10.1. The summed E-state index contributed by atoms with van der Waals surface area (Å²) in [6.45, 7) is 0.663. The van der Waals surface area contributed by atoms with Crippen LogP contribution < -0.4 is 25.4 Å². The van der Waals surface area contributed by atoms with Crippen molar-refractivity contribution in [3.63, 3.8) is 0 Å². The molecule has 1 atom stereocenters. The summed E-state index contributed by atoms with van der Waals surface area (Å²) < 4.78 is 10.6. The summed E-state index contributed by atoms with van der Waals surface area (Å²) in [6, 6.07) is 14.1. The lowest BCUT2D eigenvalue weighted by Gasteiger charge is -2.16. The molecule has 144 valence electrons. The van der Waals surface area contributed by atoms with Crippen molar-refractivity contribution in [2.45, 2.75) is 12.5 Å². The molecule has 0 fully saturated rings. The molecule has 0 unspecified atom stereocenters. The van der Waals surface area contributed by atoms with Crippen LogP contribution in [0.5, 0.6) is 11.5 Å². The monoisotopic (exact) mass is 372 g/mol. The van der Waals surface area contributed by atoms with Crippen molar-refractivity contribution in [3.05, 3.63) is 59.7 Å². The van der Waals surface area contributed by atoms with E-state index in [1.165, 1.54) is 7.05 Å². The van der Waals surface area contributed by atoms with Gasteiger partial charge in [0.1, 0.15) is 0 Å². The van der Waals surface area contributed by atoms with Crippen molar-refractivity contribution < 1.29 is 24.4 Å². The molecule has 0 aliphatic rings. The summed E-state index contributed by atoms with van der Waals surface area (Å²) in [6.07, 6.45) is 0.733. The third-order valence-corrected chi connectivity index (χ3v) is 4.19. The molecule has 0 aliphatic carbocycles. The molecular formula is C20H26N3O4+. The van der Waals surface area contributed by atoms with Gasteiger partial charge in [-0.05, 0) is 17.7 Å². The topological polar surface area (TPSA) is 93.3 Å². The van der Waals surface area contributed by atoms with Gasteiger partial charge in [0.15, 0.2) is 17.5 Å². The van der Waals surface area contributed by atoms with Gasteiger partial charge in [-0.1, -0.05) is 36.4 Å². The molecule has 0 saturated carbocycles. The molecule has 0 heterocycles. The summed E-state index contributed by atoms with van der Waals surface area (Å²) in [5, 5.41) is 6.67. The van der Waals surface area contributed by atoms with E-state index in [0.29, 0.717) is 18.0 Å². The standard InChI is InChI=1S/C20H25N3O4/c1-21-20(25)23-19(24)18(15-7-5-4-6-8-15)22-12-11-14-9-10-16(26-2)17(13-14)27-3/h4-10,13,18,22H,11-12H2,1-3H3,(H2,21,23,24,25)/p+1/t18-/m0/s1. The lowest BCUT2D eigenvalue weighted by molar-refractivity contribution is -0.682. The van der Waals surface area contributed by atoms with Gasteiger partial charge in [-0.2, -0.15) is 0 Å². The number of rotatable bonds is 8. The number of hydrogen-bond acceptors (Lipinski definition) is 4. The van der Waals surface area contributed by atoms with Crippen LogP contribution in [0, 0.1) is 0 Å². The number of nitrogens with one attached hydrogen (secondary N) is 2. The average Bonchev–Trinajstić information content (AvgIpc) is 2.71. The number of ether oxygens (including phenoxy) is 2. The number of nitrogens with two attached hydrogens (primary N) is 1. The van der Waals surface area contributed by atoms with Gasteiger partial charge in [0.2, 0.25) is 0 Å². The number of hydrogen-bond donors (Lipinski definition) is 3. The van der Waals surface area contributed by atoms with Gasteiger partial charge in [-0.15, -0.1) is 0 Å². The Balaban J connectivity index is 2.05. The van der Waals surface area contributed by atoms with Gasteiger partial charge in [0, 0.05) is 19.0 Å². The van der Waals surface area contributed by atoms with Crippen LogP contribution in [0.4, 0.5) is 4.79 Å². The van der Waals surface area contributed by atoms with Crippen LogP contribution in [0.2, 0.25) is 0 Å². The molecule has 7 nitrogen and oxygen atoms in total. The summed E-state index contributed by atoms with van der Waals surface area (Å²) >= 11 is 0. The van der Waals surface area contributed by atoms with Crippen LogP contribution in [0.1, 0.15) is 17.2 Å². The Hall–Kier alpha value is -3.06. The Kier molecular flexibility index (Phi) is 7.63. The number of methoxy groups -OCH3 is 2. The summed E-state index contributed by atoms with van der Waals surface area (Å²) in [5.74, 6) is 0.997. The van der Waals surface area contributed by atoms with E-state index in [2.05, 4.69) is 10.6 Å². The van der Waals surface area contributed by atoms with Crippen LogP contribution in [0.15, 0.2) is 48.5 Å². The van der Waals surface area contributed by atoms with Crippen LogP contribution in [-0.2, 0) is 11.2 Å². The normalized spacial score (nSPS) is 11.4. The summed E-state index contributed by atoms with van der Waals surface area (Å²) in [4.78, 5) is 24.0. The zero-order valence-electron chi connectivity index (χ0n) is 15.8. The van der Waals surface area contributed by atoms with Gasteiger partial charge >= 0.3 is 6.03 Å². The van der Waals surface area contributed by atoms with E-state index in [1.807, 2.05) is 53.8 Å². The molecule has 2 rings (SSSR count). The van der Waals surface area contributed by atoms with Crippen LogP contribution in [0.25, 0.3) is 0 Å². The predicted molar refractivity (Wildman–Crippen MR) is 102 cm³/mol. The van der Waals surface area contributed by atoms with Crippen LogP contribution >= 0.6 is 0 Å². The van der Waals surface area contributed by atoms with Crippen molar-refractivity contribution >= 4 is 11.9 Å². The number of quaternary nitrogens is 1. The number of amides is 3. The molecule has 0 bridgehead atoms. The van der Waals surface area contributed by atoms with E-state index in [4.69, 9.17) is 9.47 Å². The first-order chi connectivity index (χ1) is 13.1. The first-order valence-corrected chi connectivity index (χ1v) is 8.70. The highest BCUT2D eigenvalue weighted by molar-refractivity contribution is 5.96. The van der Waals surface area contributed by atoms with E-state index in [1.54, 1.807) is 14.2 Å². The Morgan fingerprint density at radius 3 is 2.37 bits per heavy atom. The summed E-state index contributed by atoms with van der Waals surface area (Å²) in [5.41, 5.74) is 1.91. The maximum Gasteiger partial charge on any atom is 0.321 e. The van der Waals surface area contributed by atoms with Gasteiger partial charge in [0.25, 0.3) is 5.91 Å². The first kappa shape index (κ1) is 20.3. The maximum atomic E-state index is 12.5. The zero-order valence-corrected chi connectivity index (χ0v) is 15.8. The molecule has 4 N–H and O–H groups in total. The molecule has 2 aromatic carbocycles. The molecule has 0 radical (unpaired) electrons. The first-order valence-electron chi connectivity index (χ1n) is 8.70. The highest BCUT2D eigenvalue weighted by Crippen LogP contribution is 2.27. The Labute approximate surface area is 159 Å². The SMILES string of the molecule is CNC(=O)NC(=O)[C@@H]([NH2+]CCc1ccc(OC)c(OC)c1)c1ccccc1. The minimum atomic E-state index is -0.519. The van der Waals surface area contributed by atoms with Crippen molar-refractivity contribution in [2.24, 2.45) is 0 Å². The molecular weight excluding hydrogens is 346 g/mol. The number of benzene rings is 2. The second-order valence-corrected chi connectivity index (χ2v) is 5.92. The minimum absolute atomic E-state index is 0.354. The zero-order chi connectivity index (χ0) is 19.6. The van der Waals surface area contributed by atoms with E-state index >= 15 is 0 Å². The van der Waals surface area contributed by atoms with Crippen molar-refractivity contribution in [1.82, 2.24) is 10.6 Å². The van der Waals surface area contributed by atoms with Crippen molar-refractivity contribution in [2.75, 3.05) is 27.8 Å². The van der Waals surface area contributed by atoms with E-state index in [0.717, 1.165) is 17.5 Å². The number of urea groups is 1. The maximum absolute atomic E-state index is 12.5. The highest BCUT2D eigenvalue weighted by atomic mass is 16.5. The molecule has 2 aromatic rings. The Morgan fingerprint density at radius 1 is 1.04 bits per heavy atom. The van der Waals surface area contributed by atoms with E-state index in [9.17, 15) is 9.59 Å². The van der Waals surface area contributed by atoms with Gasteiger partial charge < -0.3 is 20.1 Å². The molecule has 7 heteroatoms. The predicted octanol–water partition coefficient (Wildman–Crippen LogP) is 1.01. The molecule has 0 spiro atoms. The Morgan fingerprint density at radius 2 is 1.74 bits per heavy atom. The van der Waals surface area contributed by atoms with Gasteiger partial charge in [-0.25, -0.2) is 4.79 Å². The molecule has 27 heavy (non-hydrogen) atoms. The number of imide groups is 1. The van der Waals surface area contributed by atoms with Crippen molar-refractivity contribution in [3.8, 4) is 11.5 Å². The van der Waals surface area contributed by atoms with Crippen molar-refractivity contribution in [1.29, 1.82) is 0 Å². The van der Waals surface area contributed by atoms with Gasteiger partial charge in [-0.3, -0.25) is 10.1 Å². The molecule has 0 aromatic heterocycles. The fourth-order valence-electron chi connectivity index (χ4n) is 2.76. The highest BCUT2D eigenvalue weighted by Gasteiger charge is 2.25. The third kappa shape index (κ3) is 5.72. The van der Waals surface area contributed by atoms with Crippen LogP contribution in [-0.4, -0.2) is 39.8 Å². The summed E-state index contributed by atoms with van der Waals surface area (Å²) in [7, 11) is 4.67. The average molecular weight is 372 g/mol. The molecule has 0 saturated heterocycles. The smallest absolute Gasteiger partial charge is 0.321 e. The fourth-order valence-corrected chi connectivity index (χ4v) is 2.76. The number of carbonyl (C=O) groups excluding carboxylic acids is 2. The molecule has 0 aliphatic heterocycles. The van der Waals surface area contributed by atoms with Crippen LogP contribution in [0.3, 0.4) is 0 Å². The minimum Gasteiger partial charge on any atom is -0.493 e. The largest absolute Gasteiger partial charge is 0.493 e. The van der Waals surface area contributed by atoms with E-state index < -0.39 is 12.1 Å². The Bertz CT molecular complexity index is 765. The molecule has 3 amide bonds. The number of carbonyl (C=O) groups is 2. The second-order valence-electron chi connectivity index (χ2n) is 5.92. The fraction of sp³-hybridized carbons (Fsp3) is 0.300. The third-order valence-electron chi connectivity index (χ3n) is 4.19. The van der Waals surface area contributed by atoms with Gasteiger partial charge in [0.05, 0.1) is 20.8 Å².